The van der Waals surface area contributed by atoms with Crippen LogP contribution in [0.25, 0.3) is 0 Å². The summed E-state index contributed by atoms with van der Waals surface area (Å²) in [5.41, 5.74) is 3.72. The van der Waals surface area contributed by atoms with Crippen LogP contribution < -0.4 is 0 Å². The van der Waals surface area contributed by atoms with Gasteiger partial charge in [0.1, 0.15) is 6.10 Å². The van der Waals surface area contributed by atoms with Crippen molar-refractivity contribution in [2.75, 3.05) is 0 Å². The Balaban J connectivity index is 2.14. The topological polar surface area (TPSA) is 29.6 Å². The molecular formula is C19H28O2. The van der Waals surface area contributed by atoms with Gasteiger partial charge in [-0.15, -0.1) is 0 Å². The molecule has 1 fully saturated rings. The molecule has 2 heteroatoms. The van der Waals surface area contributed by atoms with Crippen LogP contribution in [-0.4, -0.2) is 17.5 Å². The highest BCUT2D eigenvalue weighted by Gasteiger charge is 2.50. The summed E-state index contributed by atoms with van der Waals surface area (Å²) in [4.78, 5) is 11.8. The summed E-state index contributed by atoms with van der Waals surface area (Å²) < 4.78 is 5.85. The first-order valence-corrected chi connectivity index (χ1v) is 8.11. The minimum atomic E-state index is -0.0630. The normalized spacial score (nSPS) is 38.7. The zero-order chi connectivity index (χ0) is 15.5. The Bertz CT molecular complexity index is 496. The first kappa shape index (κ1) is 16.2. The Morgan fingerprint density at radius 3 is 2.52 bits per heavy atom. The van der Waals surface area contributed by atoms with Crippen molar-refractivity contribution in [3.63, 3.8) is 0 Å². The van der Waals surface area contributed by atoms with Gasteiger partial charge in [0, 0.05) is 0 Å². The standard InChI is InChI=1S/C19H28O2/c1-14-7-5-8-15(2)10-11-17(16(3)20)13-18-19(4,21-18)12-6-9-14/h8-9,13,18H,5-7,10-12H2,1-4H3/b14-9+,15-8-,17-13+. The van der Waals surface area contributed by atoms with Gasteiger partial charge in [-0.2, -0.15) is 0 Å². The van der Waals surface area contributed by atoms with Gasteiger partial charge in [0.25, 0.3) is 0 Å². The summed E-state index contributed by atoms with van der Waals surface area (Å²) >= 11 is 0. The Labute approximate surface area is 129 Å². The molecule has 2 aliphatic rings. The van der Waals surface area contributed by atoms with E-state index in [9.17, 15) is 4.79 Å². The van der Waals surface area contributed by atoms with E-state index < -0.39 is 0 Å². The van der Waals surface area contributed by atoms with Gasteiger partial charge in [-0.3, -0.25) is 4.79 Å². The second kappa shape index (κ2) is 6.74. The molecule has 116 valence electrons. The zero-order valence-corrected chi connectivity index (χ0v) is 13.9. The van der Waals surface area contributed by atoms with E-state index in [1.807, 2.05) is 0 Å². The quantitative estimate of drug-likeness (QED) is 0.507. The summed E-state index contributed by atoms with van der Waals surface area (Å²) in [5, 5.41) is 0. The van der Waals surface area contributed by atoms with Gasteiger partial charge in [0.15, 0.2) is 5.78 Å². The predicted octanol–water partition coefficient (Wildman–Crippen LogP) is 4.91. The molecular weight excluding hydrogens is 260 g/mol. The average Bonchev–Trinajstić information content (AvgIpc) is 3.03. The van der Waals surface area contributed by atoms with Gasteiger partial charge in [-0.1, -0.05) is 23.3 Å². The van der Waals surface area contributed by atoms with E-state index in [0.29, 0.717) is 0 Å². The second-order valence-corrected chi connectivity index (χ2v) is 6.78. The first-order valence-electron chi connectivity index (χ1n) is 8.11. The van der Waals surface area contributed by atoms with Crippen LogP contribution in [-0.2, 0) is 9.53 Å². The Morgan fingerprint density at radius 1 is 1.14 bits per heavy atom. The molecule has 1 aliphatic heterocycles. The lowest BCUT2D eigenvalue weighted by atomic mass is 9.95. The molecule has 21 heavy (non-hydrogen) atoms. The maximum Gasteiger partial charge on any atom is 0.155 e. The fourth-order valence-corrected chi connectivity index (χ4v) is 2.91. The molecule has 2 nitrogen and oxygen atoms in total. The van der Waals surface area contributed by atoms with Crippen molar-refractivity contribution < 1.29 is 9.53 Å². The van der Waals surface area contributed by atoms with Crippen LogP contribution in [0.1, 0.15) is 66.2 Å². The fraction of sp³-hybridized carbons (Fsp3) is 0.632. The molecule has 0 radical (unpaired) electrons. The van der Waals surface area contributed by atoms with Crippen LogP contribution in [0.4, 0.5) is 0 Å². The van der Waals surface area contributed by atoms with Crippen molar-refractivity contribution in [3.8, 4) is 0 Å². The summed E-state index contributed by atoms with van der Waals surface area (Å²) in [6, 6.07) is 0. The van der Waals surface area contributed by atoms with Crippen molar-refractivity contribution in [2.24, 2.45) is 0 Å². The molecule has 0 bridgehead atoms. The predicted molar refractivity (Wildman–Crippen MR) is 87.3 cm³/mol. The third-order valence-electron chi connectivity index (χ3n) is 4.70. The van der Waals surface area contributed by atoms with E-state index in [4.69, 9.17) is 4.74 Å². The largest absolute Gasteiger partial charge is 0.362 e. The number of allylic oxidation sites excluding steroid dienone is 5. The third-order valence-corrected chi connectivity index (χ3v) is 4.70. The molecule has 1 heterocycles. The van der Waals surface area contributed by atoms with Crippen LogP contribution in [0.3, 0.4) is 0 Å². The highest BCUT2D eigenvalue weighted by atomic mass is 16.6. The molecule has 1 aliphatic carbocycles. The van der Waals surface area contributed by atoms with Crippen molar-refractivity contribution >= 4 is 5.78 Å². The van der Waals surface area contributed by atoms with Crippen LogP contribution in [0.15, 0.2) is 34.9 Å². The number of fused-ring (bicyclic) bond motifs is 1. The maximum atomic E-state index is 11.8. The number of epoxide rings is 1. The number of hydrogen-bond acceptors (Lipinski definition) is 2. The monoisotopic (exact) mass is 288 g/mol. The van der Waals surface area contributed by atoms with Crippen LogP contribution in [0, 0.1) is 0 Å². The molecule has 0 aromatic carbocycles. The number of carbonyl (C=O) groups is 1. The summed E-state index contributed by atoms with van der Waals surface area (Å²) in [7, 11) is 0. The smallest absolute Gasteiger partial charge is 0.155 e. The van der Waals surface area contributed by atoms with Crippen molar-refractivity contribution in [1.29, 1.82) is 0 Å². The van der Waals surface area contributed by atoms with Crippen molar-refractivity contribution in [2.45, 2.75) is 77.9 Å². The lowest BCUT2D eigenvalue weighted by Gasteiger charge is -2.08. The molecule has 2 atom stereocenters. The number of Topliss-reactive ketones (excluding diaryl/α,β-unsaturated/α-hetero) is 1. The molecule has 0 N–H and O–H groups in total. The van der Waals surface area contributed by atoms with Crippen LogP contribution in [0.5, 0.6) is 0 Å². The summed E-state index contributed by atoms with van der Waals surface area (Å²) in [6.45, 7) is 8.21. The molecule has 0 spiro atoms. The summed E-state index contributed by atoms with van der Waals surface area (Å²) in [5.74, 6) is 0.184. The number of ether oxygens (including phenoxy) is 1. The van der Waals surface area contributed by atoms with E-state index >= 15 is 0 Å². The number of hydrogen-bond donors (Lipinski definition) is 0. The highest BCUT2D eigenvalue weighted by molar-refractivity contribution is 5.93. The van der Waals surface area contributed by atoms with Gasteiger partial charge in [-0.25, -0.2) is 0 Å². The second-order valence-electron chi connectivity index (χ2n) is 6.78. The SMILES string of the molecule is CC(=O)/C1=C/C2OC2(C)CC/C=C(\C)CC/C=C(/C)CC1. The molecule has 2 unspecified atom stereocenters. The van der Waals surface area contributed by atoms with E-state index in [-0.39, 0.29) is 17.5 Å². The Hall–Kier alpha value is -1.15. The molecule has 0 amide bonds. The van der Waals surface area contributed by atoms with Crippen molar-refractivity contribution in [1.82, 2.24) is 0 Å². The van der Waals surface area contributed by atoms with Gasteiger partial charge < -0.3 is 4.74 Å². The molecule has 2 rings (SSSR count). The van der Waals surface area contributed by atoms with Gasteiger partial charge in [-0.05, 0) is 77.9 Å². The lowest BCUT2D eigenvalue weighted by Crippen LogP contribution is -2.09. The third kappa shape index (κ3) is 4.67. The number of ketones is 1. The summed E-state index contributed by atoms with van der Waals surface area (Å²) in [6.07, 6.45) is 13.0. The lowest BCUT2D eigenvalue weighted by molar-refractivity contribution is -0.113. The van der Waals surface area contributed by atoms with E-state index in [0.717, 1.165) is 44.1 Å². The Morgan fingerprint density at radius 2 is 1.81 bits per heavy atom. The first-order chi connectivity index (χ1) is 9.90. The van der Waals surface area contributed by atoms with E-state index in [2.05, 4.69) is 39.0 Å². The molecule has 1 saturated heterocycles. The maximum absolute atomic E-state index is 11.8. The van der Waals surface area contributed by atoms with Gasteiger partial charge in [0.2, 0.25) is 0 Å². The van der Waals surface area contributed by atoms with E-state index in [1.54, 1.807) is 6.92 Å². The molecule has 0 aromatic rings. The van der Waals surface area contributed by atoms with Gasteiger partial charge >= 0.3 is 0 Å². The minimum Gasteiger partial charge on any atom is -0.362 e. The average molecular weight is 288 g/mol. The van der Waals surface area contributed by atoms with Crippen LogP contribution in [0.2, 0.25) is 0 Å². The van der Waals surface area contributed by atoms with Crippen LogP contribution >= 0.6 is 0 Å². The fourth-order valence-electron chi connectivity index (χ4n) is 2.91. The highest BCUT2D eigenvalue weighted by Crippen LogP contribution is 2.42. The van der Waals surface area contributed by atoms with E-state index in [1.165, 1.54) is 11.1 Å². The Kier molecular flexibility index (Phi) is 5.21. The molecule has 0 aromatic heterocycles. The number of carbonyl (C=O) groups excluding carboxylic acids is 1. The van der Waals surface area contributed by atoms with Gasteiger partial charge in [0.05, 0.1) is 5.60 Å². The van der Waals surface area contributed by atoms with Crippen molar-refractivity contribution in [3.05, 3.63) is 34.9 Å². The molecule has 0 saturated carbocycles. The zero-order valence-electron chi connectivity index (χ0n) is 13.9. The minimum absolute atomic E-state index is 0.0630. The number of rotatable bonds is 1.